The second kappa shape index (κ2) is 5.24. The van der Waals surface area contributed by atoms with Crippen molar-refractivity contribution in [2.24, 2.45) is 0 Å². The molecule has 0 saturated heterocycles. The van der Waals surface area contributed by atoms with Crippen molar-refractivity contribution in [3.8, 4) is 12.3 Å². The Balaban J connectivity index is 3.11. The van der Waals surface area contributed by atoms with E-state index >= 15 is 0 Å². The number of hydrogen-bond acceptors (Lipinski definition) is 2. The topological polar surface area (TPSA) is 49.3 Å². The fourth-order valence-electron chi connectivity index (χ4n) is 1.26. The van der Waals surface area contributed by atoms with Gasteiger partial charge in [-0.1, -0.05) is 12.0 Å². The second-order valence-corrected chi connectivity index (χ2v) is 2.99. The monoisotopic (exact) mass is 225 g/mol. The predicted molar refractivity (Wildman–Crippen MR) is 53.6 cm³/mol. The van der Waals surface area contributed by atoms with Crippen molar-refractivity contribution in [2.45, 2.75) is 6.04 Å². The average molecular weight is 225 g/mol. The Labute approximate surface area is 91.1 Å². The van der Waals surface area contributed by atoms with E-state index in [1.54, 1.807) is 0 Å². The van der Waals surface area contributed by atoms with Crippen molar-refractivity contribution >= 4 is 5.97 Å². The molecule has 0 aliphatic rings. The third kappa shape index (κ3) is 2.55. The molecular weight excluding hydrogens is 216 g/mol. The Kier molecular flexibility index (Phi) is 3.97. The Hall–Kier alpha value is -1.93. The molecule has 0 fully saturated rings. The molecule has 1 unspecified atom stereocenters. The van der Waals surface area contributed by atoms with Crippen molar-refractivity contribution < 1.29 is 18.7 Å². The number of rotatable bonds is 4. The molecule has 1 atom stereocenters. The van der Waals surface area contributed by atoms with Crippen LogP contribution >= 0.6 is 0 Å². The molecule has 1 aromatic rings. The fourth-order valence-corrected chi connectivity index (χ4v) is 1.26. The van der Waals surface area contributed by atoms with Crippen LogP contribution in [0.25, 0.3) is 0 Å². The maximum absolute atomic E-state index is 13.3. The van der Waals surface area contributed by atoms with Gasteiger partial charge < -0.3 is 5.11 Å². The van der Waals surface area contributed by atoms with Gasteiger partial charge in [0.1, 0.15) is 17.7 Å². The molecule has 1 rings (SSSR count). The summed E-state index contributed by atoms with van der Waals surface area (Å²) in [7, 11) is 0. The van der Waals surface area contributed by atoms with Crippen LogP contribution in [0.4, 0.5) is 8.78 Å². The van der Waals surface area contributed by atoms with Crippen LogP contribution in [0.2, 0.25) is 0 Å². The zero-order valence-electron chi connectivity index (χ0n) is 8.21. The predicted octanol–water partition coefficient (Wildman–Crippen LogP) is 1.31. The minimum absolute atomic E-state index is 0.0925. The molecule has 0 aliphatic carbocycles. The Bertz CT molecular complexity index is 420. The van der Waals surface area contributed by atoms with E-state index in [-0.39, 0.29) is 6.54 Å². The van der Waals surface area contributed by atoms with Crippen LogP contribution in [-0.4, -0.2) is 17.6 Å². The summed E-state index contributed by atoms with van der Waals surface area (Å²) in [6.07, 6.45) is 4.94. The highest BCUT2D eigenvalue weighted by atomic mass is 19.1. The highest BCUT2D eigenvalue weighted by molar-refractivity contribution is 5.75. The molecule has 0 bridgehead atoms. The minimum Gasteiger partial charge on any atom is -0.480 e. The highest BCUT2D eigenvalue weighted by Crippen LogP contribution is 2.20. The van der Waals surface area contributed by atoms with E-state index in [1.807, 2.05) is 0 Å². The smallest absolute Gasteiger partial charge is 0.325 e. The molecule has 0 aliphatic heterocycles. The summed E-state index contributed by atoms with van der Waals surface area (Å²) < 4.78 is 26.6. The molecule has 0 aromatic heterocycles. The third-order valence-corrected chi connectivity index (χ3v) is 1.94. The lowest BCUT2D eigenvalue weighted by molar-refractivity contribution is -0.139. The molecule has 0 amide bonds. The zero-order chi connectivity index (χ0) is 12.1. The maximum Gasteiger partial charge on any atom is 0.325 e. The van der Waals surface area contributed by atoms with Crippen LogP contribution in [-0.2, 0) is 4.79 Å². The van der Waals surface area contributed by atoms with Crippen molar-refractivity contribution in [1.82, 2.24) is 5.32 Å². The summed E-state index contributed by atoms with van der Waals surface area (Å²) in [5.74, 6) is -1.09. The molecule has 0 spiro atoms. The van der Waals surface area contributed by atoms with E-state index in [0.717, 1.165) is 18.2 Å². The molecule has 0 heterocycles. The van der Waals surface area contributed by atoms with Gasteiger partial charge in [0.25, 0.3) is 0 Å². The summed E-state index contributed by atoms with van der Waals surface area (Å²) in [5, 5.41) is 11.2. The summed E-state index contributed by atoms with van der Waals surface area (Å²) in [5.41, 5.74) is -0.537. The van der Waals surface area contributed by atoms with Gasteiger partial charge >= 0.3 is 5.97 Å². The fraction of sp³-hybridized carbons (Fsp3) is 0.182. The largest absolute Gasteiger partial charge is 0.480 e. The van der Waals surface area contributed by atoms with Crippen molar-refractivity contribution in [2.75, 3.05) is 6.54 Å². The normalized spacial score (nSPS) is 11.8. The second-order valence-electron chi connectivity index (χ2n) is 2.99. The molecule has 2 N–H and O–H groups in total. The van der Waals surface area contributed by atoms with Gasteiger partial charge in [-0.15, -0.1) is 6.42 Å². The molecule has 5 heteroatoms. The van der Waals surface area contributed by atoms with Gasteiger partial charge in [0.15, 0.2) is 0 Å². The number of carboxylic acids is 1. The van der Waals surface area contributed by atoms with Crippen LogP contribution in [0.3, 0.4) is 0 Å². The number of carbonyl (C=O) groups is 1. The molecule has 0 saturated carbocycles. The molecule has 16 heavy (non-hydrogen) atoms. The van der Waals surface area contributed by atoms with Gasteiger partial charge in [0, 0.05) is 0 Å². The third-order valence-electron chi connectivity index (χ3n) is 1.94. The first kappa shape index (κ1) is 12.1. The van der Waals surface area contributed by atoms with E-state index in [1.165, 1.54) is 0 Å². The van der Waals surface area contributed by atoms with Crippen LogP contribution in [0.5, 0.6) is 0 Å². The number of aliphatic carboxylic acids is 1. The van der Waals surface area contributed by atoms with Crippen molar-refractivity contribution in [1.29, 1.82) is 0 Å². The summed E-state index contributed by atoms with van der Waals surface area (Å²) in [4.78, 5) is 10.8. The quantitative estimate of drug-likeness (QED) is 0.759. The summed E-state index contributed by atoms with van der Waals surface area (Å²) in [6, 6.07) is 1.66. The standard InChI is InChI=1S/C11H9F2NO2/c1-2-6-14-10(11(15)16)9-7(12)4-3-5-8(9)13/h1,3-5,10,14H,6H2,(H,15,16). The first-order valence-electron chi connectivity index (χ1n) is 4.41. The first-order valence-corrected chi connectivity index (χ1v) is 4.41. The first-order chi connectivity index (χ1) is 7.57. The number of nitrogens with one attached hydrogen (secondary N) is 1. The van der Waals surface area contributed by atoms with Gasteiger partial charge in [-0.25, -0.2) is 8.78 Å². The number of hydrogen-bond donors (Lipinski definition) is 2. The van der Waals surface area contributed by atoms with Crippen LogP contribution in [0.15, 0.2) is 18.2 Å². The molecule has 3 nitrogen and oxygen atoms in total. The zero-order valence-corrected chi connectivity index (χ0v) is 8.21. The van der Waals surface area contributed by atoms with Gasteiger partial charge in [-0.3, -0.25) is 10.1 Å². The number of halogens is 2. The van der Waals surface area contributed by atoms with E-state index in [0.29, 0.717) is 0 Å². The summed E-state index contributed by atoms with van der Waals surface area (Å²) >= 11 is 0. The SMILES string of the molecule is C#CCNC(C(=O)O)c1c(F)cccc1F. The van der Waals surface area contributed by atoms with E-state index in [2.05, 4.69) is 11.2 Å². The van der Waals surface area contributed by atoms with Crippen molar-refractivity contribution in [3.63, 3.8) is 0 Å². The van der Waals surface area contributed by atoms with Gasteiger partial charge in [-0.05, 0) is 12.1 Å². The Morgan fingerprint density at radius 2 is 2.06 bits per heavy atom. The van der Waals surface area contributed by atoms with Gasteiger partial charge in [0.2, 0.25) is 0 Å². The Morgan fingerprint density at radius 3 is 2.50 bits per heavy atom. The minimum atomic E-state index is -1.49. The number of benzene rings is 1. The van der Waals surface area contributed by atoms with Crippen LogP contribution < -0.4 is 5.32 Å². The highest BCUT2D eigenvalue weighted by Gasteiger charge is 2.25. The lowest BCUT2D eigenvalue weighted by Crippen LogP contribution is -2.30. The lowest BCUT2D eigenvalue weighted by Gasteiger charge is -2.14. The van der Waals surface area contributed by atoms with Gasteiger partial charge in [0.05, 0.1) is 12.1 Å². The molecule has 84 valence electrons. The molecule has 1 aromatic carbocycles. The van der Waals surface area contributed by atoms with Gasteiger partial charge in [-0.2, -0.15) is 0 Å². The van der Waals surface area contributed by atoms with Crippen molar-refractivity contribution in [3.05, 3.63) is 35.4 Å². The molecular formula is C11H9F2NO2. The van der Waals surface area contributed by atoms with Crippen LogP contribution in [0.1, 0.15) is 11.6 Å². The van der Waals surface area contributed by atoms with E-state index < -0.39 is 29.2 Å². The Morgan fingerprint density at radius 1 is 1.50 bits per heavy atom. The number of terminal acetylenes is 1. The summed E-state index contributed by atoms with van der Waals surface area (Å²) in [6.45, 7) is -0.0925. The molecule has 0 radical (unpaired) electrons. The van der Waals surface area contributed by atoms with Crippen LogP contribution in [0, 0.1) is 24.0 Å². The maximum atomic E-state index is 13.3. The average Bonchev–Trinajstić information content (AvgIpc) is 2.21. The van der Waals surface area contributed by atoms with E-state index in [4.69, 9.17) is 11.5 Å². The van der Waals surface area contributed by atoms with E-state index in [9.17, 15) is 13.6 Å². The lowest BCUT2D eigenvalue weighted by atomic mass is 10.1. The number of carboxylic acid groups (broad SMARTS) is 1.